The summed E-state index contributed by atoms with van der Waals surface area (Å²) in [7, 11) is 0. The third-order valence-electron chi connectivity index (χ3n) is 4.82. The molecule has 1 saturated heterocycles. The van der Waals surface area contributed by atoms with E-state index in [1.165, 1.54) is 5.56 Å². The summed E-state index contributed by atoms with van der Waals surface area (Å²) in [6.45, 7) is 7.11. The van der Waals surface area contributed by atoms with E-state index in [0.717, 1.165) is 31.0 Å². The normalized spacial score (nSPS) is 20.4. The molecule has 6 heteroatoms. The Bertz CT molecular complexity index is 863. The molecular formula is C20H23N5O. The van der Waals surface area contributed by atoms with Crippen molar-refractivity contribution in [2.75, 3.05) is 18.4 Å². The molecule has 0 radical (unpaired) electrons. The van der Waals surface area contributed by atoms with Gasteiger partial charge in [-0.3, -0.25) is 4.90 Å². The third kappa shape index (κ3) is 3.60. The molecule has 2 aromatic heterocycles. The number of rotatable bonds is 5. The van der Waals surface area contributed by atoms with Gasteiger partial charge in [0.05, 0.1) is 5.56 Å². The molecule has 1 N–H and O–H groups in total. The minimum Gasteiger partial charge on any atom is -0.365 e. The molecule has 0 spiro atoms. The number of aromatic nitrogens is 3. The van der Waals surface area contributed by atoms with Gasteiger partial charge in [0.1, 0.15) is 5.82 Å². The van der Waals surface area contributed by atoms with Crippen LogP contribution in [0.15, 0.2) is 53.2 Å². The molecule has 6 nitrogen and oxygen atoms in total. The highest BCUT2D eigenvalue weighted by Crippen LogP contribution is 2.28. The van der Waals surface area contributed by atoms with Crippen LogP contribution in [0.4, 0.5) is 5.82 Å². The first kappa shape index (κ1) is 16.7. The van der Waals surface area contributed by atoms with Crippen molar-refractivity contribution in [3.8, 4) is 11.5 Å². The zero-order chi connectivity index (χ0) is 17.9. The van der Waals surface area contributed by atoms with E-state index >= 15 is 0 Å². The maximum absolute atomic E-state index is 5.33. The van der Waals surface area contributed by atoms with Crippen LogP contribution in [0.5, 0.6) is 0 Å². The van der Waals surface area contributed by atoms with Crippen LogP contribution in [0.3, 0.4) is 0 Å². The molecule has 0 bridgehead atoms. The number of likely N-dealkylation sites (tertiary alicyclic amines) is 1. The summed E-state index contributed by atoms with van der Waals surface area (Å²) < 4.78 is 5.33. The maximum Gasteiger partial charge on any atom is 0.261 e. The van der Waals surface area contributed by atoms with E-state index in [1.807, 2.05) is 19.1 Å². The molecule has 0 amide bonds. The standard InChI is InChI=1S/C20H23N5O/c1-14-11-25(12-16-7-4-3-5-8-16)13-18(14)23-19-17(9-6-10-21-19)20-22-15(2)24-26-20/h3-10,14,18H,11-13H2,1-2H3,(H,21,23). The van der Waals surface area contributed by atoms with Crippen molar-refractivity contribution in [3.63, 3.8) is 0 Å². The first-order chi connectivity index (χ1) is 12.7. The number of nitrogens with zero attached hydrogens (tertiary/aromatic N) is 4. The van der Waals surface area contributed by atoms with Gasteiger partial charge in [0.25, 0.3) is 5.89 Å². The Balaban J connectivity index is 1.48. The van der Waals surface area contributed by atoms with Gasteiger partial charge >= 0.3 is 0 Å². The predicted octanol–water partition coefficient (Wildman–Crippen LogP) is 3.37. The predicted molar refractivity (Wildman–Crippen MR) is 101 cm³/mol. The number of benzene rings is 1. The van der Waals surface area contributed by atoms with Crippen LogP contribution in [-0.2, 0) is 6.54 Å². The number of nitrogens with one attached hydrogen (secondary N) is 1. The Morgan fingerprint density at radius 1 is 1.15 bits per heavy atom. The molecule has 26 heavy (non-hydrogen) atoms. The first-order valence-corrected chi connectivity index (χ1v) is 8.97. The summed E-state index contributed by atoms with van der Waals surface area (Å²) in [5, 5.41) is 7.49. The van der Waals surface area contributed by atoms with E-state index in [4.69, 9.17) is 4.52 Å². The average Bonchev–Trinajstić information content (AvgIpc) is 3.22. The van der Waals surface area contributed by atoms with Crippen LogP contribution in [0, 0.1) is 12.8 Å². The highest BCUT2D eigenvalue weighted by atomic mass is 16.5. The molecule has 1 fully saturated rings. The van der Waals surface area contributed by atoms with Gasteiger partial charge in [0, 0.05) is 31.9 Å². The van der Waals surface area contributed by atoms with Crippen molar-refractivity contribution < 1.29 is 4.52 Å². The molecule has 3 aromatic rings. The van der Waals surface area contributed by atoms with Gasteiger partial charge in [-0.05, 0) is 30.5 Å². The Morgan fingerprint density at radius 3 is 2.77 bits per heavy atom. The number of hydrogen-bond acceptors (Lipinski definition) is 6. The van der Waals surface area contributed by atoms with Gasteiger partial charge in [-0.15, -0.1) is 0 Å². The second-order valence-electron chi connectivity index (χ2n) is 6.95. The molecule has 0 saturated carbocycles. The summed E-state index contributed by atoms with van der Waals surface area (Å²) in [6.07, 6.45) is 1.79. The topological polar surface area (TPSA) is 67.1 Å². The monoisotopic (exact) mass is 349 g/mol. The lowest BCUT2D eigenvalue weighted by molar-refractivity contribution is 0.319. The lowest BCUT2D eigenvalue weighted by Gasteiger charge is -2.19. The lowest BCUT2D eigenvalue weighted by Crippen LogP contribution is -2.28. The Kier molecular flexibility index (Phi) is 4.67. The van der Waals surface area contributed by atoms with Crippen molar-refractivity contribution in [3.05, 3.63) is 60.0 Å². The number of aryl methyl sites for hydroxylation is 1. The van der Waals surface area contributed by atoms with Gasteiger partial charge in [-0.2, -0.15) is 4.98 Å². The maximum atomic E-state index is 5.33. The zero-order valence-electron chi connectivity index (χ0n) is 15.1. The highest BCUT2D eigenvalue weighted by molar-refractivity contribution is 5.68. The molecule has 2 atom stereocenters. The van der Waals surface area contributed by atoms with E-state index in [0.29, 0.717) is 23.7 Å². The minimum absolute atomic E-state index is 0.330. The molecule has 0 aliphatic carbocycles. The molecule has 1 aliphatic heterocycles. The summed E-state index contributed by atoms with van der Waals surface area (Å²) in [5.41, 5.74) is 2.20. The highest BCUT2D eigenvalue weighted by Gasteiger charge is 2.30. The first-order valence-electron chi connectivity index (χ1n) is 8.97. The quantitative estimate of drug-likeness (QED) is 0.762. The smallest absolute Gasteiger partial charge is 0.261 e. The molecule has 4 rings (SSSR count). The minimum atomic E-state index is 0.330. The number of anilines is 1. The lowest BCUT2D eigenvalue weighted by atomic mass is 10.1. The number of hydrogen-bond donors (Lipinski definition) is 1. The fraction of sp³-hybridized carbons (Fsp3) is 0.350. The second-order valence-corrected chi connectivity index (χ2v) is 6.95. The summed E-state index contributed by atoms with van der Waals surface area (Å²) in [5.74, 6) is 2.45. The Morgan fingerprint density at radius 2 is 2.00 bits per heavy atom. The molecule has 1 aliphatic rings. The van der Waals surface area contributed by atoms with Gasteiger partial charge in [0.15, 0.2) is 5.82 Å². The summed E-state index contributed by atoms with van der Waals surface area (Å²) in [6, 6.07) is 14.8. The van der Waals surface area contributed by atoms with E-state index in [9.17, 15) is 0 Å². The van der Waals surface area contributed by atoms with Crippen molar-refractivity contribution in [1.82, 2.24) is 20.0 Å². The molecular weight excluding hydrogens is 326 g/mol. The third-order valence-corrected chi connectivity index (χ3v) is 4.82. The SMILES string of the molecule is Cc1noc(-c2cccnc2NC2CN(Cc3ccccc3)CC2C)n1. The van der Waals surface area contributed by atoms with E-state index in [1.54, 1.807) is 6.20 Å². The van der Waals surface area contributed by atoms with Crippen LogP contribution in [0.25, 0.3) is 11.5 Å². The van der Waals surface area contributed by atoms with E-state index < -0.39 is 0 Å². The molecule has 134 valence electrons. The van der Waals surface area contributed by atoms with Gasteiger partial charge < -0.3 is 9.84 Å². The van der Waals surface area contributed by atoms with Crippen molar-refractivity contribution in [2.45, 2.75) is 26.4 Å². The van der Waals surface area contributed by atoms with Gasteiger partial charge in [-0.25, -0.2) is 4.98 Å². The van der Waals surface area contributed by atoms with Crippen LogP contribution >= 0.6 is 0 Å². The summed E-state index contributed by atoms with van der Waals surface area (Å²) in [4.78, 5) is 11.3. The summed E-state index contributed by atoms with van der Waals surface area (Å²) >= 11 is 0. The average molecular weight is 349 g/mol. The van der Waals surface area contributed by atoms with Gasteiger partial charge in [0.2, 0.25) is 0 Å². The van der Waals surface area contributed by atoms with Crippen molar-refractivity contribution in [1.29, 1.82) is 0 Å². The molecule has 1 aromatic carbocycles. The molecule has 2 unspecified atom stereocenters. The van der Waals surface area contributed by atoms with Gasteiger partial charge in [-0.1, -0.05) is 42.4 Å². The van der Waals surface area contributed by atoms with E-state index in [2.05, 4.69) is 62.6 Å². The molecule has 3 heterocycles. The van der Waals surface area contributed by atoms with Crippen molar-refractivity contribution >= 4 is 5.82 Å². The number of pyridine rings is 1. The largest absolute Gasteiger partial charge is 0.365 e. The Labute approximate surface area is 153 Å². The van der Waals surface area contributed by atoms with E-state index in [-0.39, 0.29) is 0 Å². The van der Waals surface area contributed by atoms with Crippen LogP contribution < -0.4 is 5.32 Å². The van der Waals surface area contributed by atoms with Crippen LogP contribution in [0.1, 0.15) is 18.3 Å². The Hall–Kier alpha value is -2.73. The fourth-order valence-electron chi connectivity index (χ4n) is 3.50. The zero-order valence-corrected chi connectivity index (χ0v) is 15.1. The van der Waals surface area contributed by atoms with Crippen molar-refractivity contribution in [2.24, 2.45) is 5.92 Å². The van der Waals surface area contributed by atoms with Crippen LogP contribution in [0.2, 0.25) is 0 Å². The van der Waals surface area contributed by atoms with Crippen LogP contribution in [-0.4, -0.2) is 39.2 Å². The fourth-order valence-corrected chi connectivity index (χ4v) is 3.50. The second kappa shape index (κ2) is 7.25.